The molecular formula is C15H13Cl2N3. The lowest BCUT2D eigenvalue weighted by atomic mass is 10.1. The minimum atomic E-state index is -0.0114. The van der Waals surface area contributed by atoms with Crippen LogP contribution in [0, 0.1) is 11.3 Å². The van der Waals surface area contributed by atoms with Crippen LogP contribution in [0.5, 0.6) is 0 Å². The van der Waals surface area contributed by atoms with E-state index in [0.717, 1.165) is 5.56 Å². The van der Waals surface area contributed by atoms with Crippen molar-refractivity contribution in [1.82, 2.24) is 4.98 Å². The molecule has 0 amide bonds. The van der Waals surface area contributed by atoms with E-state index in [2.05, 4.69) is 11.1 Å². The van der Waals surface area contributed by atoms with Crippen molar-refractivity contribution in [3.63, 3.8) is 0 Å². The van der Waals surface area contributed by atoms with Gasteiger partial charge in [0.15, 0.2) is 0 Å². The number of hydrogen-bond donors (Lipinski definition) is 0. The highest BCUT2D eigenvalue weighted by atomic mass is 35.5. The summed E-state index contributed by atoms with van der Waals surface area (Å²) in [6.45, 7) is 2.01. The molecule has 0 spiro atoms. The van der Waals surface area contributed by atoms with Crippen LogP contribution in [0.3, 0.4) is 0 Å². The Morgan fingerprint density at radius 1 is 1.25 bits per heavy atom. The number of halogens is 2. The molecule has 0 radical (unpaired) electrons. The summed E-state index contributed by atoms with van der Waals surface area (Å²) in [5.41, 5.74) is 1.40. The Bertz CT molecular complexity index is 664. The average Bonchev–Trinajstić information content (AvgIpc) is 2.46. The van der Waals surface area contributed by atoms with E-state index >= 15 is 0 Å². The van der Waals surface area contributed by atoms with E-state index < -0.39 is 0 Å². The molecule has 1 aromatic carbocycles. The first kappa shape index (κ1) is 14.6. The lowest BCUT2D eigenvalue weighted by molar-refractivity contribution is 0.729. The molecule has 1 unspecified atom stereocenters. The van der Waals surface area contributed by atoms with Gasteiger partial charge in [-0.1, -0.05) is 41.4 Å². The van der Waals surface area contributed by atoms with Gasteiger partial charge in [0.1, 0.15) is 16.9 Å². The summed E-state index contributed by atoms with van der Waals surface area (Å²) in [6.07, 6.45) is 1.58. The van der Waals surface area contributed by atoms with Gasteiger partial charge < -0.3 is 4.90 Å². The summed E-state index contributed by atoms with van der Waals surface area (Å²) in [7, 11) is 1.88. The summed E-state index contributed by atoms with van der Waals surface area (Å²) in [6, 6.07) is 11.3. The Balaban J connectivity index is 2.40. The van der Waals surface area contributed by atoms with Gasteiger partial charge in [0.2, 0.25) is 0 Å². The zero-order chi connectivity index (χ0) is 14.7. The zero-order valence-electron chi connectivity index (χ0n) is 11.1. The van der Waals surface area contributed by atoms with Gasteiger partial charge >= 0.3 is 0 Å². The molecule has 102 valence electrons. The second-order valence-corrected chi connectivity index (χ2v) is 5.20. The first-order valence-electron chi connectivity index (χ1n) is 6.08. The smallest absolute Gasteiger partial charge is 0.148 e. The van der Waals surface area contributed by atoms with Crippen LogP contribution < -0.4 is 4.90 Å². The van der Waals surface area contributed by atoms with Gasteiger partial charge in [-0.05, 0) is 24.6 Å². The molecule has 0 saturated heterocycles. The van der Waals surface area contributed by atoms with Crippen LogP contribution in [0.25, 0.3) is 0 Å². The third kappa shape index (κ3) is 2.72. The molecule has 2 rings (SSSR count). The van der Waals surface area contributed by atoms with Crippen LogP contribution >= 0.6 is 23.2 Å². The van der Waals surface area contributed by atoms with Crippen molar-refractivity contribution in [3.05, 3.63) is 57.7 Å². The minimum absolute atomic E-state index is 0.0114. The van der Waals surface area contributed by atoms with Crippen LogP contribution in [-0.2, 0) is 0 Å². The van der Waals surface area contributed by atoms with E-state index in [0.29, 0.717) is 21.4 Å². The average molecular weight is 306 g/mol. The molecule has 1 aromatic heterocycles. The predicted octanol–water partition coefficient (Wildman–Crippen LogP) is 4.46. The van der Waals surface area contributed by atoms with E-state index in [4.69, 9.17) is 28.5 Å². The number of aromatic nitrogens is 1. The molecule has 0 fully saturated rings. The lowest BCUT2D eigenvalue weighted by Crippen LogP contribution is -2.23. The van der Waals surface area contributed by atoms with Crippen molar-refractivity contribution in [2.24, 2.45) is 0 Å². The van der Waals surface area contributed by atoms with E-state index in [1.165, 1.54) is 0 Å². The number of rotatable bonds is 3. The molecule has 5 heteroatoms. The zero-order valence-corrected chi connectivity index (χ0v) is 12.7. The van der Waals surface area contributed by atoms with Crippen LogP contribution in [0.2, 0.25) is 10.0 Å². The number of hydrogen-bond acceptors (Lipinski definition) is 3. The third-order valence-corrected chi connectivity index (χ3v) is 3.98. The van der Waals surface area contributed by atoms with E-state index in [-0.39, 0.29) is 6.04 Å². The summed E-state index contributed by atoms with van der Waals surface area (Å²) < 4.78 is 0. The quantitative estimate of drug-likeness (QED) is 0.840. The maximum absolute atomic E-state index is 9.02. The first-order valence-corrected chi connectivity index (χ1v) is 6.83. The third-order valence-electron chi connectivity index (χ3n) is 3.26. The molecule has 0 aliphatic rings. The summed E-state index contributed by atoms with van der Waals surface area (Å²) >= 11 is 12.4. The predicted molar refractivity (Wildman–Crippen MR) is 82.2 cm³/mol. The number of nitrogens with zero attached hydrogens (tertiary/aromatic N) is 3. The fraction of sp³-hybridized carbons (Fsp3) is 0.200. The number of nitriles is 1. The summed E-state index contributed by atoms with van der Waals surface area (Å²) in [5.74, 6) is 0.568. The SMILES string of the molecule is CC(c1ccccc1Cl)N(C)c1nccc(C#N)c1Cl. The van der Waals surface area contributed by atoms with Crippen LogP contribution in [0.1, 0.15) is 24.1 Å². The fourth-order valence-electron chi connectivity index (χ4n) is 1.97. The van der Waals surface area contributed by atoms with Gasteiger partial charge in [0.25, 0.3) is 0 Å². The van der Waals surface area contributed by atoms with Crippen molar-refractivity contribution in [3.8, 4) is 6.07 Å². The fourth-order valence-corrected chi connectivity index (χ4v) is 2.55. The number of pyridine rings is 1. The molecule has 0 aliphatic carbocycles. The van der Waals surface area contributed by atoms with Gasteiger partial charge in [-0.3, -0.25) is 0 Å². The van der Waals surface area contributed by atoms with Crippen LogP contribution in [0.15, 0.2) is 36.5 Å². The molecule has 0 N–H and O–H groups in total. The highest BCUT2D eigenvalue weighted by Crippen LogP contribution is 2.33. The lowest BCUT2D eigenvalue weighted by Gasteiger charge is -2.27. The van der Waals surface area contributed by atoms with Crippen LogP contribution in [-0.4, -0.2) is 12.0 Å². The van der Waals surface area contributed by atoms with Gasteiger partial charge in [-0.15, -0.1) is 0 Å². The van der Waals surface area contributed by atoms with E-state index in [1.807, 2.05) is 43.1 Å². The molecule has 0 aliphatic heterocycles. The van der Waals surface area contributed by atoms with Gasteiger partial charge in [-0.2, -0.15) is 5.26 Å². The Hall–Kier alpha value is -1.76. The first-order chi connectivity index (χ1) is 9.56. The van der Waals surface area contributed by atoms with Crippen LogP contribution in [0.4, 0.5) is 5.82 Å². The highest BCUT2D eigenvalue weighted by Gasteiger charge is 2.19. The standard InChI is InChI=1S/C15H13Cl2N3/c1-10(12-5-3-4-6-13(12)16)20(2)15-14(17)11(9-18)7-8-19-15/h3-8,10H,1-2H3. The van der Waals surface area contributed by atoms with Gasteiger partial charge in [-0.25, -0.2) is 4.98 Å². The number of benzene rings is 1. The van der Waals surface area contributed by atoms with Crippen molar-refractivity contribution in [2.75, 3.05) is 11.9 Å². The van der Waals surface area contributed by atoms with E-state index in [1.54, 1.807) is 12.3 Å². The Labute approximate surface area is 128 Å². The van der Waals surface area contributed by atoms with Gasteiger partial charge in [0, 0.05) is 18.3 Å². The Morgan fingerprint density at radius 3 is 2.60 bits per heavy atom. The van der Waals surface area contributed by atoms with Crippen molar-refractivity contribution >= 4 is 29.0 Å². The second-order valence-electron chi connectivity index (χ2n) is 4.42. The molecule has 0 bridgehead atoms. The molecular weight excluding hydrogens is 293 g/mol. The normalized spacial score (nSPS) is 11.8. The maximum Gasteiger partial charge on any atom is 0.148 e. The van der Waals surface area contributed by atoms with Crippen molar-refractivity contribution in [2.45, 2.75) is 13.0 Å². The molecule has 1 atom stereocenters. The second kappa shape index (κ2) is 6.13. The van der Waals surface area contributed by atoms with Crippen molar-refractivity contribution in [1.29, 1.82) is 5.26 Å². The Morgan fingerprint density at radius 2 is 1.95 bits per heavy atom. The number of anilines is 1. The highest BCUT2D eigenvalue weighted by molar-refractivity contribution is 6.34. The summed E-state index contributed by atoms with van der Waals surface area (Å²) in [5, 5.41) is 10.1. The topological polar surface area (TPSA) is 39.9 Å². The monoisotopic (exact) mass is 305 g/mol. The molecule has 1 heterocycles. The molecule has 3 nitrogen and oxygen atoms in total. The minimum Gasteiger partial charge on any atom is -0.352 e. The Kier molecular flexibility index (Phi) is 4.49. The maximum atomic E-state index is 9.02. The van der Waals surface area contributed by atoms with Gasteiger partial charge in [0.05, 0.1) is 11.6 Å². The van der Waals surface area contributed by atoms with Crippen molar-refractivity contribution < 1.29 is 0 Å². The molecule has 20 heavy (non-hydrogen) atoms. The summed E-state index contributed by atoms with van der Waals surface area (Å²) in [4.78, 5) is 6.17. The van der Waals surface area contributed by atoms with E-state index in [9.17, 15) is 0 Å². The largest absolute Gasteiger partial charge is 0.352 e. The molecule has 0 saturated carbocycles. The molecule has 2 aromatic rings.